The van der Waals surface area contributed by atoms with E-state index in [0.717, 1.165) is 12.8 Å². The standard InChI is InChI=1S/C14H30O2.CH2O/c1-13(2,11-15)9-7-5-6-8-10-14(3,4)12-16;1-2/h15-16H,5-12H2,1-4H3;1H2. The van der Waals surface area contributed by atoms with Crippen molar-refractivity contribution in [2.45, 2.75) is 66.2 Å². The number of rotatable bonds is 9. The van der Waals surface area contributed by atoms with Gasteiger partial charge in [0.05, 0.1) is 0 Å². The molecule has 0 heterocycles. The van der Waals surface area contributed by atoms with Crippen LogP contribution < -0.4 is 0 Å². The fourth-order valence-corrected chi connectivity index (χ4v) is 1.72. The molecule has 0 aromatic rings. The summed E-state index contributed by atoms with van der Waals surface area (Å²) in [7, 11) is 0. The molecular weight excluding hydrogens is 228 g/mol. The Labute approximate surface area is 113 Å². The molecule has 0 unspecified atom stereocenters. The van der Waals surface area contributed by atoms with Crippen LogP contribution >= 0.6 is 0 Å². The molecule has 3 heteroatoms. The third-order valence-corrected chi connectivity index (χ3v) is 3.31. The van der Waals surface area contributed by atoms with Gasteiger partial charge in [-0.2, -0.15) is 0 Å². The summed E-state index contributed by atoms with van der Waals surface area (Å²) >= 11 is 0. The number of carbonyl (C=O) groups excluding carboxylic acids is 1. The largest absolute Gasteiger partial charge is 0.396 e. The van der Waals surface area contributed by atoms with E-state index in [0.29, 0.717) is 0 Å². The van der Waals surface area contributed by atoms with E-state index >= 15 is 0 Å². The highest BCUT2D eigenvalue weighted by atomic mass is 16.3. The Bertz CT molecular complexity index is 168. The summed E-state index contributed by atoms with van der Waals surface area (Å²) in [5.41, 5.74) is 0.175. The van der Waals surface area contributed by atoms with Crippen molar-refractivity contribution in [1.29, 1.82) is 0 Å². The van der Waals surface area contributed by atoms with Crippen molar-refractivity contribution in [3.8, 4) is 0 Å². The minimum Gasteiger partial charge on any atom is -0.396 e. The molecule has 0 aromatic carbocycles. The van der Waals surface area contributed by atoms with E-state index in [1.165, 1.54) is 25.7 Å². The maximum Gasteiger partial charge on any atom is 0.106 e. The van der Waals surface area contributed by atoms with E-state index in [4.69, 9.17) is 15.0 Å². The van der Waals surface area contributed by atoms with Gasteiger partial charge in [-0.05, 0) is 23.7 Å². The number of hydrogen-bond acceptors (Lipinski definition) is 3. The van der Waals surface area contributed by atoms with Crippen LogP contribution in [0.5, 0.6) is 0 Å². The van der Waals surface area contributed by atoms with Gasteiger partial charge in [-0.1, -0.05) is 53.4 Å². The number of hydrogen-bond donors (Lipinski definition) is 2. The lowest BCUT2D eigenvalue weighted by Gasteiger charge is -2.22. The smallest absolute Gasteiger partial charge is 0.106 e. The predicted molar refractivity (Wildman–Crippen MR) is 76.6 cm³/mol. The molecule has 18 heavy (non-hydrogen) atoms. The summed E-state index contributed by atoms with van der Waals surface area (Å²) in [5.74, 6) is 0. The summed E-state index contributed by atoms with van der Waals surface area (Å²) in [6.45, 7) is 11.0. The maximum atomic E-state index is 9.11. The lowest BCUT2D eigenvalue weighted by atomic mass is 9.86. The van der Waals surface area contributed by atoms with E-state index in [1.807, 2.05) is 6.79 Å². The molecular formula is C15H32O3. The van der Waals surface area contributed by atoms with Crippen molar-refractivity contribution in [3.05, 3.63) is 0 Å². The van der Waals surface area contributed by atoms with Gasteiger partial charge < -0.3 is 15.0 Å². The molecule has 0 rings (SSSR count). The minimum absolute atomic E-state index is 0.0877. The van der Waals surface area contributed by atoms with Crippen LogP contribution in [0.2, 0.25) is 0 Å². The summed E-state index contributed by atoms with van der Waals surface area (Å²) in [5, 5.41) is 18.2. The third kappa shape index (κ3) is 12.1. The average Bonchev–Trinajstić information content (AvgIpc) is 2.36. The van der Waals surface area contributed by atoms with Crippen molar-refractivity contribution in [1.82, 2.24) is 0 Å². The first kappa shape index (κ1) is 19.9. The number of unbranched alkanes of at least 4 members (excludes halogenated alkanes) is 3. The van der Waals surface area contributed by atoms with Crippen molar-refractivity contribution in [2.75, 3.05) is 13.2 Å². The Kier molecular flexibility index (Phi) is 11.6. The fraction of sp³-hybridized carbons (Fsp3) is 0.933. The van der Waals surface area contributed by atoms with E-state index in [1.54, 1.807) is 0 Å². The zero-order valence-electron chi connectivity index (χ0n) is 12.7. The molecule has 0 atom stereocenters. The highest BCUT2D eigenvalue weighted by molar-refractivity contribution is 5.10. The fourth-order valence-electron chi connectivity index (χ4n) is 1.72. The minimum atomic E-state index is 0.0877. The van der Waals surface area contributed by atoms with Crippen LogP contribution in [0.4, 0.5) is 0 Å². The zero-order chi connectivity index (χ0) is 14.7. The van der Waals surface area contributed by atoms with Gasteiger partial charge in [0.2, 0.25) is 0 Å². The van der Waals surface area contributed by atoms with Crippen molar-refractivity contribution in [2.24, 2.45) is 10.8 Å². The first-order valence-electron chi connectivity index (χ1n) is 6.84. The molecule has 0 radical (unpaired) electrons. The molecule has 0 aliphatic rings. The summed E-state index contributed by atoms with van der Waals surface area (Å²) < 4.78 is 0. The molecule has 0 saturated carbocycles. The topological polar surface area (TPSA) is 57.5 Å². The zero-order valence-corrected chi connectivity index (χ0v) is 12.7. The van der Waals surface area contributed by atoms with E-state index in [-0.39, 0.29) is 24.0 Å². The van der Waals surface area contributed by atoms with Gasteiger partial charge in [-0.25, -0.2) is 0 Å². The Balaban J connectivity index is 0. The predicted octanol–water partition coefficient (Wildman–Crippen LogP) is 3.18. The SMILES string of the molecule is C=O.CC(C)(CO)CCCCCCC(C)(C)CO. The molecule has 0 spiro atoms. The number of aliphatic hydroxyl groups excluding tert-OH is 2. The molecule has 0 aliphatic heterocycles. The Morgan fingerprint density at radius 3 is 1.22 bits per heavy atom. The molecule has 0 bridgehead atoms. The molecule has 3 nitrogen and oxygen atoms in total. The Morgan fingerprint density at radius 2 is 1.00 bits per heavy atom. The quantitative estimate of drug-likeness (QED) is 0.626. The first-order chi connectivity index (χ1) is 8.33. The van der Waals surface area contributed by atoms with E-state index < -0.39 is 0 Å². The molecule has 2 N–H and O–H groups in total. The second kappa shape index (κ2) is 10.5. The van der Waals surface area contributed by atoms with Crippen LogP contribution in [0, 0.1) is 10.8 Å². The van der Waals surface area contributed by atoms with Crippen LogP contribution in [0.25, 0.3) is 0 Å². The second-order valence-corrected chi connectivity index (χ2v) is 6.56. The third-order valence-electron chi connectivity index (χ3n) is 3.31. The summed E-state index contributed by atoms with van der Waals surface area (Å²) in [4.78, 5) is 8.00. The van der Waals surface area contributed by atoms with Crippen LogP contribution in [-0.4, -0.2) is 30.2 Å². The Morgan fingerprint density at radius 1 is 0.722 bits per heavy atom. The Hall–Kier alpha value is -0.410. The molecule has 0 aliphatic carbocycles. The molecule has 0 aromatic heterocycles. The molecule has 110 valence electrons. The van der Waals surface area contributed by atoms with E-state index in [2.05, 4.69) is 27.7 Å². The lowest BCUT2D eigenvalue weighted by Crippen LogP contribution is -2.16. The average molecular weight is 260 g/mol. The first-order valence-corrected chi connectivity index (χ1v) is 6.84. The van der Waals surface area contributed by atoms with Gasteiger partial charge in [0.1, 0.15) is 6.79 Å². The molecule has 0 amide bonds. The molecule has 0 fully saturated rings. The van der Waals surface area contributed by atoms with Crippen molar-refractivity contribution < 1.29 is 15.0 Å². The highest BCUT2D eigenvalue weighted by Crippen LogP contribution is 2.25. The number of carbonyl (C=O) groups is 1. The molecule has 0 saturated heterocycles. The van der Waals surface area contributed by atoms with Gasteiger partial charge in [0, 0.05) is 13.2 Å². The highest BCUT2D eigenvalue weighted by Gasteiger charge is 2.16. The summed E-state index contributed by atoms with van der Waals surface area (Å²) in [6.07, 6.45) is 7.09. The van der Waals surface area contributed by atoms with Crippen LogP contribution in [0.3, 0.4) is 0 Å². The maximum absolute atomic E-state index is 9.11. The summed E-state index contributed by atoms with van der Waals surface area (Å²) in [6, 6.07) is 0. The number of aliphatic hydroxyl groups is 2. The van der Waals surface area contributed by atoms with E-state index in [9.17, 15) is 0 Å². The van der Waals surface area contributed by atoms with Crippen LogP contribution in [0.15, 0.2) is 0 Å². The van der Waals surface area contributed by atoms with Crippen LogP contribution in [-0.2, 0) is 4.79 Å². The van der Waals surface area contributed by atoms with Gasteiger partial charge in [-0.15, -0.1) is 0 Å². The van der Waals surface area contributed by atoms with Gasteiger partial charge in [0.15, 0.2) is 0 Å². The lowest BCUT2D eigenvalue weighted by molar-refractivity contribution is -0.0979. The van der Waals surface area contributed by atoms with Gasteiger partial charge in [-0.3, -0.25) is 0 Å². The normalized spacial score (nSPS) is 11.9. The van der Waals surface area contributed by atoms with Crippen molar-refractivity contribution in [3.63, 3.8) is 0 Å². The van der Waals surface area contributed by atoms with Crippen LogP contribution in [0.1, 0.15) is 66.2 Å². The van der Waals surface area contributed by atoms with Gasteiger partial charge in [0.25, 0.3) is 0 Å². The van der Waals surface area contributed by atoms with Gasteiger partial charge >= 0.3 is 0 Å². The second-order valence-electron chi connectivity index (χ2n) is 6.56. The van der Waals surface area contributed by atoms with Crippen molar-refractivity contribution >= 4 is 6.79 Å². The monoisotopic (exact) mass is 260 g/mol.